The van der Waals surface area contributed by atoms with Gasteiger partial charge < -0.3 is 19.6 Å². The number of para-hydroxylation sites is 2. The second kappa shape index (κ2) is 6.70. The Morgan fingerprint density at radius 3 is 2.92 bits per heavy atom. The summed E-state index contributed by atoms with van der Waals surface area (Å²) in [6.07, 6.45) is 6.09. The van der Waals surface area contributed by atoms with Crippen molar-refractivity contribution in [3.63, 3.8) is 0 Å². The van der Waals surface area contributed by atoms with Gasteiger partial charge in [0, 0.05) is 6.04 Å². The molecule has 1 saturated carbocycles. The third-order valence-electron chi connectivity index (χ3n) is 4.51. The molecular weight excluding hydrogens is 306 g/mol. The summed E-state index contributed by atoms with van der Waals surface area (Å²) in [4.78, 5) is 8.78. The number of aromatic nitrogens is 4. The fourth-order valence-electron chi connectivity index (χ4n) is 3.15. The minimum atomic E-state index is 0.248. The molecule has 1 aromatic carbocycles. The van der Waals surface area contributed by atoms with E-state index in [2.05, 4.69) is 15.1 Å². The molecule has 4 rings (SSSR count). The zero-order chi connectivity index (χ0) is 16.4. The van der Waals surface area contributed by atoms with E-state index in [1.54, 1.807) is 6.33 Å². The largest absolute Gasteiger partial charge is 0.368 e. The lowest BCUT2D eigenvalue weighted by atomic mass is 9.94. The number of rotatable bonds is 5. The molecule has 1 aliphatic carbocycles. The zero-order valence-electron chi connectivity index (χ0n) is 13.5. The molecule has 2 aromatic heterocycles. The van der Waals surface area contributed by atoms with Crippen molar-refractivity contribution in [1.82, 2.24) is 19.7 Å². The first-order valence-electron chi connectivity index (χ1n) is 8.36. The van der Waals surface area contributed by atoms with E-state index in [0.717, 1.165) is 36.7 Å². The predicted molar refractivity (Wildman–Crippen MR) is 88.2 cm³/mol. The van der Waals surface area contributed by atoms with Crippen LogP contribution in [0.15, 0.2) is 35.1 Å². The van der Waals surface area contributed by atoms with Crippen molar-refractivity contribution >= 4 is 11.0 Å². The lowest BCUT2D eigenvalue weighted by Crippen LogP contribution is -2.30. The highest BCUT2D eigenvalue weighted by atomic mass is 16.5. The van der Waals surface area contributed by atoms with Gasteiger partial charge in [0.1, 0.15) is 6.61 Å². The number of benzene rings is 1. The monoisotopic (exact) mass is 327 g/mol. The van der Waals surface area contributed by atoms with Crippen LogP contribution < -0.4 is 5.73 Å². The average Bonchev–Trinajstić information content (AvgIpc) is 3.22. The van der Waals surface area contributed by atoms with Gasteiger partial charge in [-0.1, -0.05) is 17.3 Å². The van der Waals surface area contributed by atoms with Crippen molar-refractivity contribution in [2.75, 3.05) is 0 Å². The molecule has 0 saturated heterocycles. The van der Waals surface area contributed by atoms with Crippen molar-refractivity contribution in [1.29, 1.82) is 0 Å². The molecule has 0 unspecified atom stereocenters. The number of nitrogens with zero attached hydrogens (tertiary/aromatic N) is 4. The van der Waals surface area contributed by atoms with Gasteiger partial charge in [-0.2, -0.15) is 4.98 Å². The number of ether oxygens (including phenoxy) is 1. The predicted octanol–water partition coefficient (Wildman–Crippen LogP) is 2.25. The quantitative estimate of drug-likeness (QED) is 0.773. The average molecular weight is 327 g/mol. The minimum absolute atomic E-state index is 0.248. The van der Waals surface area contributed by atoms with Crippen molar-refractivity contribution in [2.45, 2.75) is 51.0 Å². The molecule has 0 bridgehead atoms. The van der Waals surface area contributed by atoms with Crippen LogP contribution in [0.2, 0.25) is 0 Å². The van der Waals surface area contributed by atoms with Crippen molar-refractivity contribution < 1.29 is 9.26 Å². The van der Waals surface area contributed by atoms with Gasteiger partial charge in [-0.15, -0.1) is 0 Å². The Bertz CT molecular complexity index is 804. The Kier molecular flexibility index (Phi) is 4.27. The fourth-order valence-corrected chi connectivity index (χ4v) is 3.15. The van der Waals surface area contributed by atoms with Crippen molar-refractivity contribution in [3.8, 4) is 0 Å². The Hall–Kier alpha value is -2.25. The number of hydrogen-bond acceptors (Lipinski definition) is 6. The first kappa shape index (κ1) is 15.3. The van der Waals surface area contributed by atoms with E-state index >= 15 is 0 Å². The van der Waals surface area contributed by atoms with Gasteiger partial charge in [0.2, 0.25) is 0 Å². The van der Waals surface area contributed by atoms with E-state index in [0.29, 0.717) is 30.9 Å². The molecule has 0 aliphatic heterocycles. The van der Waals surface area contributed by atoms with Crippen LogP contribution in [-0.4, -0.2) is 31.8 Å². The highest BCUT2D eigenvalue weighted by molar-refractivity contribution is 5.74. The molecule has 7 nitrogen and oxygen atoms in total. The topological polar surface area (TPSA) is 92.0 Å². The summed E-state index contributed by atoms with van der Waals surface area (Å²) in [5, 5.41) is 4.04. The second-order valence-corrected chi connectivity index (χ2v) is 6.31. The maximum atomic E-state index is 5.91. The standard InChI is InChI=1S/C17H21N5O2/c18-12-5-7-13(8-6-12)23-10-17-20-16(21-24-17)9-22-11-19-14-3-1-2-4-15(14)22/h1-4,11-13H,5-10,18H2. The summed E-state index contributed by atoms with van der Waals surface area (Å²) < 4.78 is 13.2. The zero-order valence-corrected chi connectivity index (χ0v) is 13.5. The number of hydrogen-bond donors (Lipinski definition) is 1. The normalized spacial score (nSPS) is 21.4. The van der Waals surface area contributed by atoms with Crippen LogP contribution in [-0.2, 0) is 17.9 Å². The van der Waals surface area contributed by atoms with Crippen LogP contribution in [0.4, 0.5) is 0 Å². The summed E-state index contributed by atoms with van der Waals surface area (Å²) in [7, 11) is 0. The van der Waals surface area contributed by atoms with E-state index in [9.17, 15) is 0 Å². The Morgan fingerprint density at radius 2 is 2.04 bits per heavy atom. The summed E-state index contributed by atoms with van der Waals surface area (Å²) in [6, 6.07) is 8.30. The highest BCUT2D eigenvalue weighted by Crippen LogP contribution is 2.21. The van der Waals surface area contributed by atoms with Crippen LogP contribution in [0, 0.1) is 0 Å². The van der Waals surface area contributed by atoms with Gasteiger partial charge >= 0.3 is 0 Å². The smallest absolute Gasteiger partial charge is 0.252 e. The van der Waals surface area contributed by atoms with Crippen LogP contribution in [0.3, 0.4) is 0 Å². The molecule has 2 heterocycles. The molecule has 7 heteroatoms. The van der Waals surface area contributed by atoms with Crippen molar-refractivity contribution in [3.05, 3.63) is 42.3 Å². The summed E-state index contributed by atoms with van der Waals surface area (Å²) in [6.45, 7) is 0.889. The van der Waals surface area contributed by atoms with E-state index in [-0.39, 0.29) is 6.10 Å². The third kappa shape index (κ3) is 3.32. The summed E-state index contributed by atoms with van der Waals surface area (Å²) in [5.41, 5.74) is 7.92. The highest BCUT2D eigenvalue weighted by Gasteiger charge is 2.20. The number of imidazole rings is 1. The lowest BCUT2D eigenvalue weighted by Gasteiger charge is -2.25. The number of nitrogens with two attached hydrogens (primary N) is 1. The fraction of sp³-hybridized carbons (Fsp3) is 0.471. The SMILES string of the molecule is NC1CCC(OCc2nc(Cn3cnc4ccccc43)no2)CC1. The van der Waals surface area contributed by atoms with E-state index in [4.69, 9.17) is 15.0 Å². The van der Waals surface area contributed by atoms with Gasteiger partial charge in [0.15, 0.2) is 5.82 Å². The Morgan fingerprint density at radius 1 is 1.21 bits per heavy atom. The molecule has 0 spiro atoms. The van der Waals surface area contributed by atoms with Crippen LogP contribution in [0.25, 0.3) is 11.0 Å². The molecule has 126 valence electrons. The van der Waals surface area contributed by atoms with E-state index in [1.165, 1.54) is 0 Å². The minimum Gasteiger partial charge on any atom is -0.368 e. The maximum absolute atomic E-state index is 5.91. The first-order valence-corrected chi connectivity index (χ1v) is 8.36. The number of fused-ring (bicyclic) bond motifs is 1. The Balaban J connectivity index is 1.36. The maximum Gasteiger partial charge on any atom is 0.252 e. The lowest BCUT2D eigenvalue weighted by molar-refractivity contribution is 0.00192. The second-order valence-electron chi connectivity index (χ2n) is 6.31. The molecule has 0 atom stereocenters. The molecule has 0 amide bonds. The molecule has 1 aliphatic rings. The molecule has 0 radical (unpaired) electrons. The van der Waals surface area contributed by atoms with Gasteiger partial charge in [0.05, 0.1) is 30.0 Å². The van der Waals surface area contributed by atoms with E-state index in [1.807, 2.05) is 28.8 Å². The molecule has 2 N–H and O–H groups in total. The Labute approximate surface area is 139 Å². The van der Waals surface area contributed by atoms with Gasteiger partial charge in [-0.25, -0.2) is 4.98 Å². The molecule has 24 heavy (non-hydrogen) atoms. The van der Waals surface area contributed by atoms with E-state index < -0.39 is 0 Å². The van der Waals surface area contributed by atoms with Crippen molar-refractivity contribution in [2.24, 2.45) is 5.73 Å². The molecular formula is C17H21N5O2. The third-order valence-corrected chi connectivity index (χ3v) is 4.51. The van der Waals surface area contributed by atoms with Crippen LogP contribution >= 0.6 is 0 Å². The first-order chi connectivity index (χ1) is 11.8. The summed E-state index contributed by atoms with van der Waals surface area (Å²) >= 11 is 0. The molecule has 1 fully saturated rings. The molecule has 3 aromatic rings. The van der Waals surface area contributed by atoms with Gasteiger partial charge in [-0.3, -0.25) is 0 Å². The van der Waals surface area contributed by atoms with Crippen LogP contribution in [0.5, 0.6) is 0 Å². The van der Waals surface area contributed by atoms with Gasteiger partial charge in [-0.05, 0) is 37.8 Å². The van der Waals surface area contributed by atoms with Crippen LogP contribution in [0.1, 0.15) is 37.4 Å². The van der Waals surface area contributed by atoms with Gasteiger partial charge in [0.25, 0.3) is 5.89 Å². The summed E-state index contributed by atoms with van der Waals surface area (Å²) in [5.74, 6) is 1.15.